The van der Waals surface area contributed by atoms with Crippen LogP contribution < -0.4 is 10.2 Å². The summed E-state index contributed by atoms with van der Waals surface area (Å²) in [5.41, 5.74) is 1.47. The number of nitrogens with zero attached hydrogens (tertiary/aromatic N) is 2. The minimum Gasteiger partial charge on any atom is -0.343 e. The summed E-state index contributed by atoms with van der Waals surface area (Å²) in [5, 5.41) is 4.68. The Kier molecular flexibility index (Phi) is 4.28. The summed E-state index contributed by atoms with van der Waals surface area (Å²) >= 11 is 1.86. The lowest BCUT2D eigenvalue weighted by atomic mass is 10.0. The zero-order valence-electron chi connectivity index (χ0n) is 12.0. The Bertz CT molecular complexity index is 398. The summed E-state index contributed by atoms with van der Waals surface area (Å²) in [6, 6.07) is 0. The van der Waals surface area contributed by atoms with Crippen molar-refractivity contribution < 1.29 is 0 Å². The SMILES string of the molecule is CCCNCc1sc(N2CCCC2(C)C)nc1C. The first-order valence-corrected chi connectivity index (χ1v) is 7.81. The molecule has 18 heavy (non-hydrogen) atoms. The Morgan fingerprint density at radius 1 is 1.44 bits per heavy atom. The van der Waals surface area contributed by atoms with Gasteiger partial charge in [-0.3, -0.25) is 0 Å². The van der Waals surface area contributed by atoms with Gasteiger partial charge in [-0.2, -0.15) is 0 Å². The van der Waals surface area contributed by atoms with Gasteiger partial charge in [-0.05, 0) is 46.6 Å². The van der Waals surface area contributed by atoms with Gasteiger partial charge in [0.25, 0.3) is 0 Å². The van der Waals surface area contributed by atoms with E-state index in [9.17, 15) is 0 Å². The lowest BCUT2D eigenvalue weighted by Crippen LogP contribution is -2.38. The monoisotopic (exact) mass is 267 g/mol. The molecule has 0 aromatic carbocycles. The van der Waals surface area contributed by atoms with Crippen molar-refractivity contribution in [3.05, 3.63) is 10.6 Å². The Morgan fingerprint density at radius 3 is 2.83 bits per heavy atom. The Balaban J connectivity index is 2.08. The summed E-state index contributed by atoms with van der Waals surface area (Å²) < 4.78 is 0. The van der Waals surface area contributed by atoms with Gasteiger partial charge < -0.3 is 10.2 Å². The fourth-order valence-electron chi connectivity index (χ4n) is 2.53. The molecule has 0 atom stereocenters. The van der Waals surface area contributed by atoms with E-state index in [0.717, 1.165) is 19.6 Å². The van der Waals surface area contributed by atoms with Crippen LogP contribution in [0.4, 0.5) is 5.13 Å². The van der Waals surface area contributed by atoms with E-state index in [4.69, 9.17) is 4.98 Å². The third-order valence-electron chi connectivity index (χ3n) is 3.73. The Labute approximate surface area is 115 Å². The molecule has 2 heterocycles. The molecule has 1 aliphatic rings. The molecule has 1 N–H and O–H groups in total. The summed E-state index contributed by atoms with van der Waals surface area (Å²) in [7, 11) is 0. The second-order valence-electron chi connectivity index (χ2n) is 5.75. The molecule has 1 saturated heterocycles. The molecule has 1 aromatic rings. The first kappa shape index (κ1) is 13.8. The van der Waals surface area contributed by atoms with E-state index >= 15 is 0 Å². The molecule has 0 amide bonds. The van der Waals surface area contributed by atoms with Crippen molar-refractivity contribution in [3.8, 4) is 0 Å². The van der Waals surface area contributed by atoms with E-state index in [1.807, 2.05) is 11.3 Å². The topological polar surface area (TPSA) is 28.2 Å². The van der Waals surface area contributed by atoms with E-state index in [1.54, 1.807) is 0 Å². The van der Waals surface area contributed by atoms with Crippen molar-refractivity contribution in [1.82, 2.24) is 10.3 Å². The third kappa shape index (κ3) is 2.86. The zero-order chi connectivity index (χ0) is 13.2. The Hall–Kier alpha value is -0.610. The smallest absolute Gasteiger partial charge is 0.186 e. The second kappa shape index (κ2) is 5.57. The molecule has 0 spiro atoms. The molecule has 2 rings (SSSR count). The van der Waals surface area contributed by atoms with Crippen LogP contribution in [-0.2, 0) is 6.54 Å². The lowest BCUT2D eigenvalue weighted by molar-refractivity contribution is 0.517. The van der Waals surface area contributed by atoms with Crippen LogP contribution in [0.1, 0.15) is 50.6 Å². The number of aryl methyl sites for hydroxylation is 1. The maximum absolute atomic E-state index is 4.77. The average molecular weight is 267 g/mol. The van der Waals surface area contributed by atoms with Gasteiger partial charge >= 0.3 is 0 Å². The standard InChI is InChI=1S/C14H25N3S/c1-5-8-15-10-12-11(2)16-13(18-12)17-9-6-7-14(17,3)4/h15H,5-10H2,1-4H3. The van der Waals surface area contributed by atoms with Gasteiger partial charge in [-0.25, -0.2) is 4.98 Å². The molecule has 4 heteroatoms. The van der Waals surface area contributed by atoms with Crippen LogP contribution >= 0.6 is 11.3 Å². The first-order chi connectivity index (χ1) is 8.54. The average Bonchev–Trinajstić information content (AvgIpc) is 2.82. The van der Waals surface area contributed by atoms with Crippen LogP contribution in [-0.4, -0.2) is 23.6 Å². The van der Waals surface area contributed by atoms with Crippen LogP contribution in [0.2, 0.25) is 0 Å². The fraction of sp³-hybridized carbons (Fsp3) is 0.786. The summed E-state index contributed by atoms with van der Waals surface area (Å²) in [5.74, 6) is 0. The van der Waals surface area contributed by atoms with Gasteiger partial charge in [0.15, 0.2) is 5.13 Å². The summed E-state index contributed by atoms with van der Waals surface area (Å²) in [6.45, 7) is 12.2. The van der Waals surface area contributed by atoms with Gasteiger partial charge in [0.05, 0.1) is 5.69 Å². The minimum absolute atomic E-state index is 0.276. The largest absolute Gasteiger partial charge is 0.343 e. The summed E-state index contributed by atoms with van der Waals surface area (Å²) in [6.07, 6.45) is 3.74. The highest BCUT2D eigenvalue weighted by molar-refractivity contribution is 7.15. The summed E-state index contributed by atoms with van der Waals surface area (Å²) in [4.78, 5) is 8.64. The quantitative estimate of drug-likeness (QED) is 0.829. The number of aromatic nitrogens is 1. The predicted molar refractivity (Wildman–Crippen MR) is 79.5 cm³/mol. The maximum Gasteiger partial charge on any atom is 0.186 e. The molecule has 0 bridgehead atoms. The van der Waals surface area contributed by atoms with Gasteiger partial charge in [0.2, 0.25) is 0 Å². The number of thiazole rings is 1. The number of nitrogens with one attached hydrogen (secondary N) is 1. The maximum atomic E-state index is 4.77. The van der Waals surface area contributed by atoms with Crippen molar-refractivity contribution in [3.63, 3.8) is 0 Å². The molecular formula is C14H25N3S. The van der Waals surface area contributed by atoms with Crippen molar-refractivity contribution in [2.24, 2.45) is 0 Å². The van der Waals surface area contributed by atoms with Gasteiger partial charge in [0, 0.05) is 23.5 Å². The van der Waals surface area contributed by atoms with Crippen LogP contribution in [0.25, 0.3) is 0 Å². The molecule has 0 aliphatic carbocycles. The highest BCUT2D eigenvalue weighted by atomic mass is 32.1. The first-order valence-electron chi connectivity index (χ1n) is 6.99. The van der Waals surface area contributed by atoms with Crippen molar-refractivity contribution in [2.45, 2.75) is 59.0 Å². The van der Waals surface area contributed by atoms with Gasteiger partial charge in [-0.1, -0.05) is 6.92 Å². The van der Waals surface area contributed by atoms with E-state index in [0.29, 0.717) is 0 Å². The van der Waals surface area contributed by atoms with Crippen LogP contribution in [0.5, 0.6) is 0 Å². The highest BCUT2D eigenvalue weighted by Gasteiger charge is 2.33. The normalized spacial score (nSPS) is 18.6. The number of hydrogen-bond acceptors (Lipinski definition) is 4. The number of hydrogen-bond donors (Lipinski definition) is 1. The molecule has 102 valence electrons. The number of anilines is 1. The van der Waals surface area contributed by atoms with Gasteiger partial charge in [-0.15, -0.1) is 11.3 Å². The Morgan fingerprint density at radius 2 is 2.22 bits per heavy atom. The lowest BCUT2D eigenvalue weighted by Gasteiger charge is -2.31. The van der Waals surface area contributed by atoms with E-state index in [1.165, 1.54) is 35.0 Å². The fourth-order valence-corrected chi connectivity index (χ4v) is 3.75. The van der Waals surface area contributed by atoms with E-state index < -0.39 is 0 Å². The second-order valence-corrected chi connectivity index (χ2v) is 6.81. The van der Waals surface area contributed by atoms with Crippen LogP contribution in [0.15, 0.2) is 0 Å². The predicted octanol–water partition coefficient (Wildman–Crippen LogP) is 3.33. The molecule has 0 saturated carbocycles. The van der Waals surface area contributed by atoms with Crippen LogP contribution in [0.3, 0.4) is 0 Å². The van der Waals surface area contributed by atoms with Crippen molar-refractivity contribution in [1.29, 1.82) is 0 Å². The number of rotatable bonds is 5. The van der Waals surface area contributed by atoms with Crippen molar-refractivity contribution in [2.75, 3.05) is 18.0 Å². The third-order valence-corrected chi connectivity index (χ3v) is 4.91. The van der Waals surface area contributed by atoms with Gasteiger partial charge in [0.1, 0.15) is 0 Å². The van der Waals surface area contributed by atoms with E-state index in [-0.39, 0.29) is 5.54 Å². The molecule has 0 radical (unpaired) electrons. The van der Waals surface area contributed by atoms with Crippen molar-refractivity contribution >= 4 is 16.5 Å². The minimum atomic E-state index is 0.276. The molecule has 3 nitrogen and oxygen atoms in total. The molecule has 1 aliphatic heterocycles. The molecule has 0 unspecified atom stereocenters. The highest BCUT2D eigenvalue weighted by Crippen LogP contribution is 2.36. The molecule has 1 aromatic heterocycles. The molecular weight excluding hydrogens is 242 g/mol. The zero-order valence-corrected chi connectivity index (χ0v) is 12.9. The molecule has 1 fully saturated rings. The van der Waals surface area contributed by atoms with Crippen LogP contribution in [0, 0.1) is 6.92 Å². The van der Waals surface area contributed by atoms with E-state index in [2.05, 4.69) is 37.9 Å².